The summed E-state index contributed by atoms with van der Waals surface area (Å²) in [6.07, 6.45) is 1.19. The van der Waals surface area contributed by atoms with Crippen molar-refractivity contribution in [3.8, 4) is 0 Å². The van der Waals surface area contributed by atoms with Gasteiger partial charge in [-0.15, -0.1) is 0 Å². The zero-order valence-corrected chi connectivity index (χ0v) is 11.8. The molecule has 0 rings (SSSR count). The minimum atomic E-state index is 0. The van der Waals surface area contributed by atoms with E-state index in [1.54, 1.807) is 0 Å². The molecule has 0 aromatic rings. The van der Waals surface area contributed by atoms with Crippen LogP contribution in [-0.2, 0) is 0 Å². The Balaban J connectivity index is -0.0000000505. The van der Waals surface area contributed by atoms with E-state index in [1.807, 2.05) is 0 Å². The van der Waals surface area contributed by atoms with Crippen molar-refractivity contribution in [3.63, 3.8) is 0 Å². The van der Waals surface area contributed by atoms with Crippen LogP contribution < -0.4 is 0 Å². The molecule has 0 unspecified atom stereocenters. The molecule has 1 N–H and O–H groups in total. The molecule has 0 aromatic carbocycles. The molecule has 4 heteroatoms. The minimum absolute atomic E-state index is 0. The van der Waals surface area contributed by atoms with E-state index < -0.39 is 0 Å². The normalized spacial score (nSPS) is 8.14. The van der Waals surface area contributed by atoms with Crippen LogP contribution >= 0.6 is 37.2 Å². The molecule has 0 heterocycles. The first kappa shape index (κ1) is 29.5. The molecule has 0 saturated carbocycles. The third kappa shape index (κ3) is 23.3. The van der Waals surface area contributed by atoms with Crippen LogP contribution in [0.3, 0.4) is 0 Å². The third-order valence-electron chi connectivity index (χ3n) is 1.53. The zero-order valence-electron chi connectivity index (χ0n) is 7.48. The Morgan fingerprint density at radius 2 is 1.36 bits per heavy atom. The summed E-state index contributed by atoms with van der Waals surface area (Å²) in [6.45, 7) is 4.48. The van der Waals surface area contributed by atoms with Crippen molar-refractivity contribution in [1.82, 2.24) is 0 Å². The summed E-state index contributed by atoms with van der Waals surface area (Å²) >= 11 is 4.24. The molecule has 0 aliphatic rings. The van der Waals surface area contributed by atoms with Crippen molar-refractivity contribution in [2.24, 2.45) is 0 Å². The number of halogens is 2. The van der Waals surface area contributed by atoms with Crippen molar-refractivity contribution in [1.29, 1.82) is 0 Å². The highest BCUT2D eigenvalue weighted by Gasteiger charge is 2.10. The zero-order chi connectivity index (χ0) is 9.33. The maximum atomic E-state index is 8.61. The van der Waals surface area contributed by atoms with E-state index in [-0.39, 0.29) is 22.3 Å². The van der Waals surface area contributed by atoms with Crippen LogP contribution in [0.5, 0.6) is 0 Å². The second-order valence-corrected chi connectivity index (χ2v) is 3.11. The van der Waals surface area contributed by atoms with Crippen molar-refractivity contribution in [3.05, 3.63) is 0 Å². The Morgan fingerprint density at radius 3 is 1.57 bits per heavy atom. The molecule has 0 aliphatic carbocycles. The number of hydrogen-bond donors (Lipinski definition) is 1. The van der Waals surface area contributed by atoms with Gasteiger partial charge in [-0.2, -0.15) is 0 Å². The molecule has 0 spiro atoms. The second kappa shape index (κ2) is 19.9. The van der Waals surface area contributed by atoms with E-state index in [2.05, 4.69) is 58.3 Å². The Bertz CT molecular complexity index is 72.5. The predicted molar refractivity (Wildman–Crippen MR) is 87.5 cm³/mol. The van der Waals surface area contributed by atoms with Gasteiger partial charge >= 0.3 is 0 Å². The van der Waals surface area contributed by atoms with E-state index in [1.165, 1.54) is 6.42 Å². The van der Waals surface area contributed by atoms with Gasteiger partial charge in [0.05, 0.1) is 27.2 Å². The number of aliphatic hydroxyl groups excluding tert-OH is 1. The molecule has 0 bridgehead atoms. The van der Waals surface area contributed by atoms with Gasteiger partial charge in [-0.05, 0) is 6.42 Å². The lowest BCUT2D eigenvalue weighted by Crippen LogP contribution is -2.42. The number of likely N-dealkylation sites (N-methyl/N-ethyl adjacent to an activating group) is 1. The number of aliphatic hydroxyl groups is 1. The molecule has 0 saturated heterocycles. The quantitative estimate of drug-likeness (QED) is 0.521. The van der Waals surface area contributed by atoms with Crippen molar-refractivity contribution >= 4 is 37.2 Å². The van der Waals surface area contributed by atoms with Crippen LogP contribution in [0.15, 0.2) is 0 Å². The fraction of sp³-hybridized carbons (Fsp3) is 1.00. The maximum Gasteiger partial charge on any atom is 0.102 e. The largest absolute Gasteiger partial charge is 0.391 e. The lowest BCUT2D eigenvalue weighted by atomic mass is 10.4. The van der Waals surface area contributed by atoms with E-state index in [4.69, 9.17) is 5.11 Å². The van der Waals surface area contributed by atoms with E-state index in [0.717, 1.165) is 17.6 Å². The number of hydrogen-bond acceptors (Lipinski definition) is 1. The number of quaternary nitrogens is 1. The Hall–Kier alpha value is 1.38. The highest BCUT2D eigenvalue weighted by molar-refractivity contribution is 15.0. The van der Waals surface area contributed by atoms with E-state index >= 15 is 0 Å². The minimum Gasteiger partial charge on any atom is -0.391 e. The van der Waals surface area contributed by atoms with Gasteiger partial charge in [-0.1, -0.05) is 29.2 Å². The molecular formula is C10H30I2NO+. The van der Waals surface area contributed by atoms with E-state index in [9.17, 15) is 0 Å². The summed E-state index contributed by atoms with van der Waals surface area (Å²) in [5.74, 6) is 0. The van der Waals surface area contributed by atoms with Gasteiger partial charge in [-0.3, -0.25) is 0 Å². The second-order valence-electron chi connectivity index (χ2n) is 3.11. The summed E-state index contributed by atoms with van der Waals surface area (Å²) in [5, 5.41) is 8.61. The molecule has 94 valence electrons. The van der Waals surface area contributed by atoms with E-state index in [0.29, 0.717) is 6.61 Å². The number of nitrogens with zero attached hydrogens (tertiary/aromatic N) is 1. The molecule has 0 aliphatic heterocycles. The van der Waals surface area contributed by atoms with Crippen molar-refractivity contribution in [2.45, 2.75) is 35.6 Å². The summed E-state index contributed by atoms with van der Waals surface area (Å²) in [4.78, 5) is 0. The van der Waals surface area contributed by atoms with Crippen LogP contribution in [0.4, 0.5) is 0 Å². The third-order valence-corrected chi connectivity index (χ3v) is 1.53. The fourth-order valence-corrected chi connectivity index (χ4v) is 0.988. The van der Waals surface area contributed by atoms with Gasteiger partial charge < -0.3 is 9.59 Å². The van der Waals surface area contributed by atoms with Crippen molar-refractivity contribution < 1.29 is 9.59 Å². The first-order valence-electron chi connectivity index (χ1n) is 3.69. The smallest absolute Gasteiger partial charge is 0.102 e. The maximum absolute atomic E-state index is 8.61. The molecular weight excluding hydrogens is 404 g/mol. The molecule has 0 atom stereocenters. The Morgan fingerprint density at radius 1 is 1.00 bits per heavy atom. The molecule has 0 aromatic heterocycles. The summed E-state index contributed by atoms with van der Waals surface area (Å²) in [7, 11) is 4.28. The lowest BCUT2D eigenvalue weighted by molar-refractivity contribution is -0.890. The molecule has 0 fully saturated rings. The fourth-order valence-electron chi connectivity index (χ4n) is 0.988. The first-order chi connectivity index (χ1) is 5.12. The van der Waals surface area contributed by atoms with Crippen LogP contribution in [-0.4, -0.2) is 43.4 Å². The standard InChI is InChI=1S/C7H18NO.3CH4.I2/c1-4-5-8(2,3)6-7-9;;;;1-2/h9H,4-7H2,1-3H3;3*1H4;/q+1;;;;. The van der Waals surface area contributed by atoms with Gasteiger partial charge in [-0.25, -0.2) is 0 Å². The summed E-state index contributed by atoms with van der Waals surface area (Å²) in [6, 6.07) is 0. The molecule has 14 heavy (non-hydrogen) atoms. The van der Waals surface area contributed by atoms with Crippen LogP contribution in [0, 0.1) is 0 Å². The summed E-state index contributed by atoms with van der Waals surface area (Å²) in [5.41, 5.74) is 0. The average Bonchev–Trinajstić information content (AvgIpc) is 1.91. The van der Waals surface area contributed by atoms with Crippen LogP contribution in [0.1, 0.15) is 35.6 Å². The predicted octanol–water partition coefficient (Wildman–Crippen LogP) is 4.14. The highest BCUT2D eigenvalue weighted by atomic mass is 128. The lowest BCUT2D eigenvalue weighted by Gasteiger charge is -2.28. The van der Waals surface area contributed by atoms with Crippen LogP contribution in [0.2, 0.25) is 0 Å². The topological polar surface area (TPSA) is 20.2 Å². The van der Waals surface area contributed by atoms with Crippen molar-refractivity contribution in [2.75, 3.05) is 33.8 Å². The monoisotopic (exact) mass is 434 g/mol. The van der Waals surface area contributed by atoms with Crippen LogP contribution in [0.25, 0.3) is 0 Å². The van der Waals surface area contributed by atoms with Gasteiger partial charge in [0.1, 0.15) is 6.54 Å². The number of rotatable bonds is 4. The van der Waals surface area contributed by atoms with Gasteiger partial charge in [0.15, 0.2) is 0 Å². The molecule has 2 nitrogen and oxygen atoms in total. The Kier molecular flexibility index (Phi) is 41.9. The SMILES string of the molecule is C.C.C.CCC[N+](C)(C)CCO.II. The average molecular weight is 434 g/mol. The van der Waals surface area contributed by atoms with Gasteiger partial charge in [0.2, 0.25) is 0 Å². The summed E-state index contributed by atoms with van der Waals surface area (Å²) < 4.78 is 0.938. The molecule has 0 radical (unpaired) electrons. The van der Waals surface area contributed by atoms with Gasteiger partial charge in [0.25, 0.3) is 0 Å². The van der Waals surface area contributed by atoms with Gasteiger partial charge in [0, 0.05) is 37.2 Å². The molecule has 0 amide bonds. The Labute approximate surface area is 115 Å². The highest BCUT2D eigenvalue weighted by Crippen LogP contribution is 1.96. The first-order valence-corrected chi connectivity index (χ1v) is 9.98.